The third-order valence-corrected chi connectivity index (χ3v) is 2.47. The van der Waals surface area contributed by atoms with Crippen LogP contribution in [0.1, 0.15) is 5.56 Å². The quantitative estimate of drug-likeness (QED) is 0.475. The van der Waals surface area contributed by atoms with Gasteiger partial charge in [-0.2, -0.15) is 10.2 Å². The summed E-state index contributed by atoms with van der Waals surface area (Å²) in [6.45, 7) is -0.202. The zero-order valence-electron chi connectivity index (χ0n) is 10.7. The van der Waals surface area contributed by atoms with E-state index < -0.39 is 10.8 Å². The number of carbonyl (C=O) groups excluding carboxylic acids is 1. The standard InChI is InChI=1S/C12H11N5O4/c18-11-4-2-1-3-9(11)5-13-15-12(19)8-16-7-10(6-14-16)17(20)21/h1-7,18H,8H2,(H,15,19)/b13-5-. The van der Waals surface area contributed by atoms with Crippen LogP contribution < -0.4 is 5.43 Å². The molecule has 1 aromatic carbocycles. The summed E-state index contributed by atoms with van der Waals surface area (Å²) in [5, 5.41) is 27.3. The molecule has 0 aliphatic rings. The molecular weight excluding hydrogens is 278 g/mol. The summed E-state index contributed by atoms with van der Waals surface area (Å²) in [6, 6.07) is 6.50. The van der Waals surface area contributed by atoms with Gasteiger partial charge in [0.25, 0.3) is 5.91 Å². The van der Waals surface area contributed by atoms with Crippen LogP contribution in [0, 0.1) is 10.1 Å². The Labute approximate surface area is 118 Å². The van der Waals surface area contributed by atoms with Gasteiger partial charge in [0, 0.05) is 5.56 Å². The van der Waals surface area contributed by atoms with Gasteiger partial charge in [-0.1, -0.05) is 12.1 Å². The van der Waals surface area contributed by atoms with Gasteiger partial charge in [0.2, 0.25) is 0 Å². The third-order valence-electron chi connectivity index (χ3n) is 2.47. The number of rotatable bonds is 5. The van der Waals surface area contributed by atoms with E-state index in [0.717, 1.165) is 17.1 Å². The van der Waals surface area contributed by atoms with Crippen LogP contribution in [0.25, 0.3) is 0 Å². The number of phenolic OH excluding ortho intramolecular Hbond substituents is 1. The summed E-state index contributed by atoms with van der Waals surface area (Å²) in [4.78, 5) is 21.4. The number of benzene rings is 1. The lowest BCUT2D eigenvalue weighted by Gasteiger charge is -2.00. The number of phenols is 1. The molecule has 2 N–H and O–H groups in total. The van der Waals surface area contributed by atoms with Crippen LogP contribution in [0.5, 0.6) is 5.75 Å². The lowest BCUT2D eigenvalue weighted by atomic mass is 10.2. The molecule has 108 valence electrons. The molecule has 0 saturated heterocycles. The van der Waals surface area contributed by atoms with E-state index in [9.17, 15) is 20.0 Å². The highest BCUT2D eigenvalue weighted by Gasteiger charge is 2.10. The van der Waals surface area contributed by atoms with Gasteiger partial charge in [-0.25, -0.2) is 5.43 Å². The van der Waals surface area contributed by atoms with Gasteiger partial charge in [-0.15, -0.1) is 0 Å². The minimum absolute atomic E-state index is 0.0400. The third kappa shape index (κ3) is 3.86. The van der Waals surface area contributed by atoms with Crippen molar-refractivity contribution in [2.45, 2.75) is 6.54 Å². The number of para-hydroxylation sites is 1. The zero-order valence-corrected chi connectivity index (χ0v) is 10.7. The molecular formula is C12H11N5O4. The number of hydrogen-bond donors (Lipinski definition) is 2. The molecule has 21 heavy (non-hydrogen) atoms. The number of nitrogens with zero attached hydrogens (tertiary/aromatic N) is 4. The molecule has 1 aromatic heterocycles. The first-order chi connectivity index (χ1) is 10.1. The van der Waals surface area contributed by atoms with Crippen molar-refractivity contribution in [2.75, 3.05) is 0 Å². The van der Waals surface area contributed by atoms with Gasteiger partial charge in [0.05, 0.1) is 11.1 Å². The summed E-state index contributed by atoms with van der Waals surface area (Å²) in [6.07, 6.45) is 3.49. The molecule has 9 heteroatoms. The Morgan fingerprint density at radius 1 is 1.52 bits per heavy atom. The van der Waals surface area contributed by atoms with E-state index in [0.29, 0.717) is 5.56 Å². The second-order valence-electron chi connectivity index (χ2n) is 4.01. The predicted octanol–water partition coefficient (Wildman–Crippen LogP) is 0.647. The molecule has 2 aromatic rings. The summed E-state index contributed by atoms with van der Waals surface area (Å²) < 4.78 is 1.13. The molecule has 0 atom stereocenters. The van der Waals surface area contributed by atoms with Crippen molar-refractivity contribution >= 4 is 17.8 Å². The molecule has 0 aliphatic carbocycles. The van der Waals surface area contributed by atoms with Crippen molar-refractivity contribution in [3.63, 3.8) is 0 Å². The van der Waals surface area contributed by atoms with Crippen molar-refractivity contribution in [3.8, 4) is 5.75 Å². The summed E-state index contributed by atoms with van der Waals surface area (Å²) >= 11 is 0. The molecule has 0 saturated carbocycles. The number of amides is 1. The Hall–Kier alpha value is -3.23. The summed E-state index contributed by atoms with van der Waals surface area (Å²) in [5.74, 6) is -0.460. The zero-order chi connectivity index (χ0) is 15.2. The van der Waals surface area contributed by atoms with Crippen LogP contribution >= 0.6 is 0 Å². The lowest BCUT2D eigenvalue weighted by Crippen LogP contribution is -2.23. The van der Waals surface area contributed by atoms with Crippen LogP contribution in [0.3, 0.4) is 0 Å². The number of nitrogens with one attached hydrogen (secondary N) is 1. The first kappa shape index (κ1) is 14.2. The van der Waals surface area contributed by atoms with E-state index >= 15 is 0 Å². The van der Waals surface area contributed by atoms with Crippen molar-refractivity contribution in [3.05, 3.63) is 52.3 Å². The highest BCUT2D eigenvalue weighted by Crippen LogP contribution is 2.12. The summed E-state index contributed by atoms with van der Waals surface area (Å²) in [7, 11) is 0. The second-order valence-corrected chi connectivity index (χ2v) is 4.01. The normalized spacial score (nSPS) is 10.7. The van der Waals surface area contributed by atoms with E-state index in [-0.39, 0.29) is 18.0 Å². The molecule has 0 aliphatic heterocycles. The van der Waals surface area contributed by atoms with Gasteiger partial charge in [-0.3, -0.25) is 19.6 Å². The SMILES string of the molecule is O=C(Cn1cc([N+](=O)[O-])cn1)N/N=C\c1ccccc1O. The molecule has 0 radical (unpaired) electrons. The molecule has 9 nitrogen and oxygen atoms in total. The number of hydrogen-bond acceptors (Lipinski definition) is 6. The maximum absolute atomic E-state index is 11.5. The first-order valence-corrected chi connectivity index (χ1v) is 5.83. The Balaban J connectivity index is 1.90. The van der Waals surface area contributed by atoms with Crippen LogP contribution in [-0.4, -0.2) is 31.9 Å². The molecule has 0 bridgehead atoms. The van der Waals surface area contributed by atoms with Crippen molar-refractivity contribution in [1.29, 1.82) is 0 Å². The first-order valence-electron chi connectivity index (χ1n) is 5.83. The fourth-order valence-corrected chi connectivity index (χ4v) is 1.49. The average molecular weight is 289 g/mol. The van der Waals surface area contributed by atoms with E-state index in [1.165, 1.54) is 12.3 Å². The van der Waals surface area contributed by atoms with Gasteiger partial charge >= 0.3 is 5.69 Å². The monoisotopic (exact) mass is 289 g/mol. The predicted molar refractivity (Wildman–Crippen MR) is 72.7 cm³/mol. The van der Waals surface area contributed by atoms with Gasteiger partial charge in [-0.05, 0) is 12.1 Å². The highest BCUT2D eigenvalue weighted by molar-refractivity contribution is 5.84. The number of nitro groups is 1. The average Bonchev–Trinajstić information content (AvgIpc) is 2.89. The number of aromatic hydroxyl groups is 1. The second kappa shape index (κ2) is 6.28. The van der Waals surface area contributed by atoms with Crippen LogP contribution in [-0.2, 0) is 11.3 Å². The number of aromatic nitrogens is 2. The fourth-order valence-electron chi connectivity index (χ4n) is 1.49. The Kier molecular flexibility index (Phi) is 4.24. The van der Waals surface area contributed by atoms with Crippen LogP contribution in [0.2, 0.25) is 0 Å². The van der Waals surface area contributed by atoms with Crippen molar-refractivity contribution in [1.82, 2.24) is 15.2 Å². The molecule has 2 rings (SSSR count). The Morgan fingerprint density at radius 3 is 2.95 bits per heavy atom. The maximum Gasteiger partial charge on any atom is 0.307 e. The van der Waals surface area contributed by atoms with Gasteiger partial charge in [0.15, 0.2) is 0 Å². The minimum Gasteiger partial charge on any atom is -0.507 e. The fraction of sp³-hybridized carbons (Fsp3) is 0.0833. The number of hydrazone groups is 1. The minimum atomic E-state index is -0.599. The maximum atomic E-state index is 11.5. The smallest absolute Gasteiger partial charge is 0.307 e. The molecule has 0 spiro atoms. The number of carbonyl (C=O) groups is 1. The topological polar surface area (TPSA) is 123 Å². The van der Waals surface area contributed by atoms with Gasteiger partial charge < -0.3 is 5.11 Å². The summed E-state index contributed by atoms with van der Waals surface area (Å²) in [5.41, 5.74) is 2.49. The van der Waals surface area contributed by atoms with Crippen LogP contribution in [0.4, 0.5) is 5.69 Å². The van der Waals surface area contributed by atoms with Crippen molar-refractivity contribution in [2.24, 2.45) is 5.10 Å². The highest BCUT2D eigenvalue weighted by atomic mass is 16.6. The van der Waals surface area contributed by atoms with E-state index in [2.05, 4.69) is 15.6 Å². The van der Waals surface area contributed by atoms with E-state index in [1.807, 2.05) is 0 Å². The molecule has 0 unspecified atom stereocenters. The van der Waals surface area contributed by atoms with E-state index in [4.69, 9.17) is 0 Å². The van der Waals surface area contributed by atoms with E-state index in [1.54, 1.807) is 18.2 Å². The molecule has 1 heterocycles. The molecule has 1 amide bonds. The Morgan fingerprint density at radius 2 is 2.29 bits per heavy atom. The largest absolute Gasteiger partial charge is 0.507 e. The lowest BCUT2D eigenvalue weighted by molar-refractivity contribution is -0.385. The van der Waals surface area contributed by atoms with Crippen LogP contribution in [0.15, 0.2) is 41.8 Å². The Bertz CT molecular complexity index is 694. The molecule has 0 fully saturated rings. The van der Waals surface area contributed by atoms with Gasteiger partial charge in [0.1, 0.15) is 24.7 Å². The van der Waals surface area contributed by atoms with Crippen molar-refractivity contribution < 1.29 is 14.8 Å².